The van der Waals surface area contributed by atoms with Crippen LogP contribution >= 0.6 is 0 Å². The maximum absolute atomic E-state index is 13.4. The zero-order chi connectivity index (χ0) is 26.9. The molecule has 0 saturated heterocycles. The second-order valence-corrected chi connectivity index (χ2v) is 15.1. The number of halogens is 5. The summed E-state index contributed by atoms with van der Waals surface area (Å²) in [4.78, 5) is 0. The van der Waals surface area contributed by atoms with Crippen molar-refractivity contribution in [3.8, 4) is 16.9 Å². The van der Waals surface area contributed by atoms with E-state index in [1.54, 1.807) is 35.0 Å². The van der Waals surface area contributed by atoms with Gasteiger partial charge < -0.3 is 14.9 Å². The molecule has 0 aliphatic rings. The molecule has 0 atom stereocenters. The fraction of sp³-hybridized carbons (Fsp3) is 0.480. The Kier molecular flexibility index (Phi) is 7.76. The van der Waals surface area contributed by atoms with Gasteiger partial charge in [0.1, 0.15) is 5.75 Å². The van der Waals surface area contributed by atoms with Gasteiger partial charge in [-0.1, -0.05) is 45.0 Å². The van der Waals surface area contributed by atoms with Crippen LogP contribution in [0.1, 0.15) is 27.2 Å². The number of hydrogen-bond acceptors (Lipinski definition) is 4. The normalized spacial score (nSPS) is 13.4. The third-order valence-corrected chi connectivity index (χ3v) is 11.1. The second-order valence-electron chi connectivity index (χ2n) is 10.3. The van der Waals surface area contributed by atoms with Crippen molar-refractivity contribution in [1.29, 1.82) is 0 Å². The van der Waals surface area contributed by atoms with Crippen molar-refractivity contribution in [1.82, 2.24) is 9.78 Å². The lowest BCUT2D eigenvalue weighted by Gasteiger charge is -2.36. The number of alkyl halides is 5. The molecule has 2 N–H and O–H groups in total. The monoisotopic (exact) mass is 529 g/mol. The highest BCUT2D eigenvalue weighted by Gasteiger charge is 2.58. The number of aromatic nitrogens is 2. The van der Waals surface area contributed by atoms with Crippen LogP contribution in [-0.2, 0) is 11.0 Å². The summed E-state index contributed by atoms with van der Waals surface area (Å²) < 4.78 is 77.5. The topological polar surface area (TPSA) is 62.3 Å². The summed E-state index contributed by atoms with van der Waals surface area (Å²) in [5.41, 5.74) is 7.76. The molecule has 11 heteroatoms. The molecule has 3 aromatic rings. The molecule has 0 bridgehead atoms. The van der Waals surface area contributed by atoms with Gasteiger partial charge in [-0.05, 0) is 48.3 Å². The first-order chi connectivity index (χ1) is 16.5. The number of anilines is 1. The molecule has 198 valence electrons. The summed E-state index contributed by atoms with van der Waals surface area (Å²) in [6, 6.07) is 11.3. The molecule has 0 aliphatic heterocycles. The van der Waals surface area contributed by atoms with Gasteiger partial charge in [-0.2, -0.15) is 27.1 Å². The van der Waals surface area contributed by atoms with Gasteiger partial charge in [0.25, 0.3) is 0 Å². The molecule has 1 aromatic heterocycles. The molecule has 0 amide bonds. The van der Waals surface area contributed by atoms with E-state index >= 15 is 0 Å². The summed E-state index contributed by atoms with van der Waals surface area (Å²) >= 11 is 0. The minimum absolute atomic E-state index is 0.0809. The zero-order valence-electron chi connectivity index (χ0n) is 21.0. The van der Waals surface area contributed by atoms with E-state index in [0.717, 1.165) is 0 Å². The fourth-order valence-corrected chi connectivity index (χ4v) is 4.46. The van der Waals surface area contributed by atoms with Crippen LogP contribution in [0.2, 0.25) is 18.1 Å². The van der Waals surface area contributed by atoms with E-state index in [9.17, 15) is 22.0 Å². The molecule has 0 unspecified atom stereocenters. The van der Waals surface area contributed by atoms with Crippen LogP contribution in [0, 0.1) is 0 Å². The van der Waals surface area contributed by atoms with Crippen LogP contribution in [0.25, 0.3) is 22.0 Å². The van der Waals surface area contributed by atoms with Gasteiger partial charge in [0, 0.05) is 24.1 Å². The van der Waals surface area contributed by atoms with Gasteiger partial charge in [-0.25, -0.2) is 0 Å². The Morgan fingerprint density at radius 3 is 2.31 bits per heavy atom. The molecule has 0 aliphatic carbocycles. The van der Waals surface area contributed by atoms with Crippen LogP contribution < -0.4 is 10.5 Å². The lowest BCUT2D eigenvalue weighted by atomic mass is 10.0. The predicted octanol–water partition coefficient (Wildman–Crippen LogP) is 7.27. The average molecular weight is 530 g/mol. The van der Waals surface area contributed by atoms with E-state index < -0.39 is 27.0 Å². The third-order valence-electron chi connectivity index (χ3n) is 6.59. The van der Waals surface area contributed by atoms with Crippen molar-refractivity contribution in [2.75, 3.05) is 18.9 Å². The number of ether oxygens (including phenoxy) is 1. The first-order valence-corrected chi connectivity index (χ1v) is 14.5. The number of nitrogens with zero attached hydrogens (tertiary/aromatic N) is 2. The van der Waals surface area contributed by atoms with Crippen molar-refractivity contribution < 1.29 is 31.1 Å². The van der Waals surface area contributed by atoms with Crippen LogP contribution in [0.4, 0.5) is 27.8 Å². The van der Waals surface area contributed by atoms with Crippen molar-refractivity contribution in [2.24, 2.45) is 0 Å². The van der Waals surface area contributed by atoms with E-state index in [2.05, 4.69) is 39.0 Å². The molecule has 3 rings (SSSR count). The van der Waals surface area contributed by atoms with Gasteiger partial charge in [0.05, 0.1) is 5.52 Å². The van der Waals surface area contributed by atoms with Crippen molar-refractivity contribution in [3.63, 3.8) is 0 Å². The van der Waals surface area contributed by atoms with E-state index in [1.807, 2.05) is 0 Å². The number of hydrogen-bond donors (Lipinski definition) is 1. The Labute approximate surface area is 208 Å². The van der Waals surface area contributed by atoms with Crippen LogP contribution in [0.3, 0.4) is 0 Å². The summed E-state index contributed by atoms with van der Waals surface area (Å²) in [5.74, 6) is -4.71. The smallest absolute Gasteiger partial charge is 0.456 e. The fourth-order valence-electron chi connectivity index (χ4n) is 3.38. The molecule has 0 fully saturated rings. The maximum Gasteiger partial charge on any atom is 0.456 e. The summed E-state index contributed by atoms with van der Waals surface area (Å²) in [6.45, 7) is 10.2. The molecule has 0 radical (unpaired) electrons. The Bertz CT molecular complexity index is 1200. The molecule has 1 heterocycles. The SMILES string of the molecule is CC(C)(C)[Si](C)(C)OCCCn1nc(N)c2ccc(-c3ccccc3OCC(F)(F)C(F)(F)F)cc21. The second kappa shape index (κ2) is 10.0. The van der Waals surface area contributed by atoms with E-state index in [4.69, 9.17) is 14.9 Å². The number of nitrogen functional groups attached to an aromatic ring is 1. The molecule has 0 saturated carbocycles. The van der Waals surface area contributed by atoms with E-state index in [0.29, 0.717) is 47.4 Å². The first kappa shape index (κ1) is 27.9. The Morgan fingerprint density at radius 1 is 1.00 bits per heavy atom. The van der Waals surface area contributed by atoms with Crippen LogP contribution in [-0.4, -0.2) is 43.4 Å². The van der Waals surface area contributed by atoms with Crippen LogP contribution in [0.15, 0.2) is 42.5 Å². The molecule has 2 aromatic carbocycles. The Balaban J connectivity index is 1.82. The van der Waals surface area contributed by atoms with E-state index in [-0.39, 0.29) is 10.8 Å². The number of rotatable bonds is 9. The minimum Gasteiger partial charge on any atom is -0.486 e. The number of benzene rings is 2. The largest absolute Gasteiger partial charge is 0.486 e. The lowest BCUT2D eigenvalue weighted by molar-refractivity contribution is -0.289. The molecular weight excluding hydrogens is 497 g/mol. The highest BCUT2D eigenvalue weighted by molar-refractivity contribution is 6.74. The zero-order valence-corrected chi connectivity index (χ0v) is 22.0. The number of nitrogens with two attached hydrogens (primary N) is 1. The van der Waals surface area contributed by atoms with Gasteiger partial charge in [-0.15, -0.1) is 0 Å². The molecule has 0 spiro atoms. The quantitative estimate of drug-likeness (QED) is 0.180. The van der Waals surface area contributed by atoms with Gasteiger partial charge in [0.15, 0.2) is 20.7 Å². The first-order valence-electron chi connectivity index (χ1n) is 11.6. The van der Waals surface area contributed by atoms with Crippen molar-refractivity contribution in [2.45, 2.75) is 64.0 Å². The van der Waals surface area contributed by atoms with Gasteiger partial charge in [-0.3, -0.25) is 4.68 Å². The number of para-hydroxylation sites is 1. The summed E-state index contributed by atoms with van der Waals surface area (Å²) in [5, 5.41) is 5.24. The third kappa shape index (κ3) is 6.00. The summed E-state index contributed by atoms with van der Waals surface area (Å²) in [6.07, 6.45) is -4.99. The number of aryl methyl sites for hydroxylation is 1. The average Bonchev–Trinajstić information content (AvgIpc) is 3.09. The highest BCUT2D eigenvalue weighted by atomic mass is 28.4. The van der Waals surface area contributed by atoms with Gasteiger partial charge >= 0.3 is 12.1 Å². The van der Waals surface area contributed by atoms with Crippen molar-refractivity contribution >= 4 is 25.0 Å². The Morgan fingerprint density at radius 2 is 1.67 bits per heavy atom. The standard InChI is InChI=1S/C25H32F5N3O2Si/c1-23(2,3)36(4,5)35-14-8-13-33-20-15-17(11-12-19(20)22(31)32-33)18-9-6-7-10-21(18)34-16-24(26,27)25(28,29)30/h6-7,9-12,15H,8,13-14,16H2,1-5H3,(H2,31,32). The lowest BCUT2D eigenvalue weighted by Crippen LogP contribution is -2.41. The highest BCUT2D eigenvalue weighted by Crippen LogP contribution is 2.39. The van der Waals surface area contributed by atoms with E-state index in [1.165, 1.54) is 12.1 Å². The molecule has 36 heavy (non-hydrogen) atoms. The Hall–Kier alpha value is -2.66. The predicted molar refractivity (Wildman–Crippen MR) is 134 cm³/mol. The summed E-state index contributed by atoms with van der Waals surface area (Å²) in [7, 11) is -1.88. The number of fused-ring (bicyclic) bond motifs is 1. The van der Waals surface area contributed by atoms with Crippen molar-refractivity contribution in [3.05, 3.63) is 42.5 Å². The molecular formula is C25H32F5N3O2Si. The van der Waals surface area contributed by atoms with Crippen LogP contribution in [0.5, 0.6) is 5.75 Å². The molecule has 5 nitrogen and oxygen atoms in total. The van der Waals surface area contributed by atoms with Gasteiger partial charge in [0.2, 0.25) is 0 Å². The maximum atomic E-state index is 13.4. The minimum atomic E-state index is -5.70.